The van der Waals surface area contributed by atoms with Gasteiger partial charge in [0.15, 0.2) is 11.5 Å². The van der Waals surface area contributed by atoms with Crippen LogP contribution in [-0.2, 0) is 6.42 Å². The van der Waals surface area contributed by atoms with Crippen molar-refractivity contribution in [2.24, 2.45) is 0 Å². The first-order chi connectivity index (χ1) is 7.28. The summed E-state index contributed by atoms with van der Waals surface area (Å²) in [6.07, 6.45) is 0.892. The second-order valence-electron chi connectivity index (χ2n) is 2.93. The molecule has 0 spiro atoms. The van der Waals surface area contributed by atoms with Gasteiger partial charge in [0.05, 0.1) is 21.3 Å². The first-order valence-electron chi connectivity index (χ1n) is 4.62. The van der Waals surface area contributed by atoms with E-state index in [4.69, 9.17) is 14.2 Å². The van der Waals surface area contributed by atoms with Crippen molar-refractivity contribution in [1.29, 1.82) is 0 Å². The minimum atomic E-state index is 0.651. The Bertz CT molecular complexity index is 326. The van der Waals surface area contributed by atoms with E-state index in [1.807, 2.05) is 12.1 Å². The monoisotopic (exact) mass is 274 g/mol. The highest BCUT2D eigenvalue weighted by Crippen LogP contribution is 2.39. The average molecular weight is 275 g/mol. The van der Waals surface area contributed by atoms with E-state index in [1.165, 1.54) is 0 Å². The van der Waals surface area contributed by atoms with Gasteiger partial charge >= 0.3 is 0 Å². The van der Waals surface area contributed by atoms with E-state index in [-0.39, 0.29) is 0 Å². The summed E-state index contributed by atoms with van der Waals surface area (Å²) in [4.78, 5) is 0. The SMILES string of the molecule is COc1ccc(CCBr)c(OC)c1OC. The van der Waals surface area contributed by atoms with Gasteiger partial charge in [0.25, 0.3) is 0 Å². The smallest absolute Gasteiger partial charge is 0.203 e. The van der Waals surface area contributed by atoms with Crippen molar-refractivity contribution < 1.29 is 14.2 Å². The molecule has 0 N–H and O–H groups in total. The molecule has 0 amide bonds. The van der Waals surface area contributed by atoms with Gasteiger partial charge in [-0.2, -0.15) is 0 Å². The normalized spacial score (nSPS) is 9.87. The minimum Gasteiger partial charge on any atom is -0.493 e. The van der Waals surface area contributed by atoms with Crippen molar-refractivity contribution >= 4 is 15.9 Å². The van der Waals surface area contributed by atoms with Crippen LogP contribution >= 0.6 is 15.9 Å². The lowest BCUT2D eigenvalue weighted by Crippen LogP contribution is -1.99. The van der Waals surface area contributed by atoms with Gasteiger partial charge < -0.3 is 14.2 Å². The molecule has 3 nitrogen and oxygen atoms in total. The number of rotatable bonds is 5. The molecule has 0 bridgehead atoms. The molecule has 0 aliphatic carbocycles. The molecular weight excluding hydrogens is 260 g/mol. The molecule has 15 heavy (non-hydrogen) atoms. The van der Waals surface area contributed by atoms with Crippen LogP contribution < -0.4 is 14.2 Å². The molecule has 4 heteroatoms. The van der Waals surface area contributed by atoms with Gasteiger partial charge in [-0.25, -0.2) is 0 Å². The Kier molecular flexibility index (Phi) is 4.75. The molecule has 0 saturated heterocycles. The number of hydrogen-bond donors (Lipinski definition) is 0. The van der Waals surface area contributed by atoms with Crippen LogP contribution in [0.25, 0.3) is 0 Å². The molecule has 0 unspecified atom stereocenters. The van der Waals surface area contributed by atoms with Crippen molar-refractivity contribution in [3.63, 3.8) is 0 Å². The number of benzene rings is 1. The molecule has 84 valence electrons. The Morgan fingerprint density at radius 3 is 2.13 bits per heavy atom. The second-order valence-corrected chi connectivity index (χ2v) is 3.73. The van der Waals surface area contributed by atoms with Gasteiger partial charge in [-0.3, -0.25) is 0 Å². The van der Waals surface area contributed by atoms with E-state index in [0.29, 0.717) is 11.5 Å². The van der Waals surface area contributed by atoms with Crippen LogP contribution in [0.1, 0.15) is 5.56 Å². The van der Waals surface area contributed by atoms with E-state index in [1.54, 1.807) is 21.3 Å². The lowest BCUT2D eigenvalue weighted by molar-refractivity contribution is 0.322. The number of aryl methyl sites for hydroxylation is 1. The first-order valence-corrected chi connectivity index (χ1v) is 5.74. The summed E-state index contributed by atoms with van der Waals surface area (Å²) in [6.45, 7) is 0. The van der Waals surface area contributed by atoms with Crippen molar-refractivity contribution in [3.8, 4) is 17.2 Å². The van der Waals surface area contributed by atoms with Gasteiger partial charge in [0.1, 0.15) is 0 Å². The van der Waals surface area contributed by atoms with Crippen molar-refractivity contribution in [1.82, 2.24) is 0 Å². The van der Waals surface area contributed by atoms with Crippen LogP contribution in [0.4, 0.5) is 0 Å². The third-order valence-electron chi connectivity index (χ3n) is 2.15. The third-order valence-corrected chi connectivity index (χ3v) is 2.55. The predicted molar refractivity (Wildman–Crippen MR) is 63.6 cm³/mol. The third kappa shape index (κ3) is 2.56. The fraction of sp³-hybridized carbons (Fsp3) is 0.455. The summed E-state index contributed by atoms with van der Waals surface area (Å²) in [5, 5.41) is 0.888. The van der Waals surface area contributed by atoms with E-state index in [0.717, 1.165) is 23.1 Å². The maximum absolute atomic E-state index is 5.34. The number of alkyl halides is 1. The molecular formula is C11H15BrO3. The van der Waals surface area contributed by atoms with Gasteiger partial charge in [0, 0.05) is 5.33 Å². The molecule has 1 aromatic rings. The number of methoxy groups -OCH3 is 3. The summed E-state index contributed by atoms with van der Waals surface area (Å²) in [5.41, 5.74) is 1.10. The lowest BCUT2D eigenvalue weighted by atomic mass is 10.1. The predicted octanol–water partition coefficient (Wildman–Crippen LogP) is 2.65. The van der Waals surface area contributed by atoms with E-state index >= 15 is 0 Å². The summed E-state index contributed by atoms with van der Waals surface area (Å²) in [7, 11) is 4.86. The quantitative estimate of drug-likeness (QED) is 0.773. The first kappa shape index (κ1) is 12.2. The number of hydrogen-bond acceptors (Lipinski definition) is 3. The maximum Gasteiger partial charge on any atom is 0.203 e. The summed E-state index contributed by atoms with van der Waals surface area (Å²) in [6, 6.07) is 3.88. The minimum absolute atomic E-state index is 0.651. The topological polar surface area (TPSA) is 27.7 Å². The fourth-order valence-electron chi connectivity index (χ4n) is 1.46. The standard InChI is InChI=1S/C11H15BrO3/c1-13-9-5-4-8(6-7-12)10(14-2)11(9)15-3/h4-5H,6-7H2,1-3H3. The Labute approximate surface area is 98.5 Å². The number of halogens is 1. The Balaban J connectivity index is 3.21. The lowest BCUT2D eigenvalue weighted by Gasteiger charge is -2.15. The molecule has 0 aliphatic heterocycles. The molecule has 0 aliphatic rings. The summed E-state index contributed by atoms with van der Waals surface area (Å²) in [5.74, 6) is 2.09. The largest absolute Gasteiger partial charge is 0.493 e. The fourth-order valence-corrected chi connectivity index (χ4v) is 1.89. The Morgan fingerprint density at radius 1 is 1.00 bits per heavy atom. The molecule has 1 aromatic carbocycles. The zero-order chi connectivity index (χ0) is 11.3. The van der Waals surface area contributed by atoms with Crippen molar-refractivity contribution in [3.05, 3.63) is 17.7 Å². The van der Waals surface area contributed by atoms with Crippen LogP contribution in [0.15, 0.2) is 12.1 Å². The maximum atomic E-state index is 5.34. The highest BCUT2D eigenvalue weighted by atomic mass is 79.9. The van der Waals surface area contributed by atoms with Crippen LogP contribution in [0, 0.1) is 0 Å². The van der Waals surface area contributed by atoms with Crippen molar-refractivity contribution in [2.75, 3.05) is 26.7 Å². The highest BCUT2D eigenvalue weighted by molar-refractivity contribution is 9.09. The van der Waals surface area contributed by atoms with Crippen LogP contribution in [0.2, 0.25) is 0 Å². The summed E-state index contributed by atoms with van der Waals surface area (Å²) < 4.78 is 15.8. The molecule has 0 atom stereocenters. The molecule has 0 heterocycles. The molecule has 1 rings (SSSR count). The molecule has 0 saturated carbocycles. The zero-order valence-electron chi connectivity index (χ0n) is 9.17. The second kappa shape index (κ2) is 5.85. The Morgan fingerprint density at radius 2 is 1.67 bits per heavy atom. The average Bonchev–Trinajstić information content (AvgIpc) is 2.28. The van der Waals surface area contributed by atoms with Gasteiger partial charge in [-0.15, -0.1) is 0 Å². The van der Waals surface area contributed by atoms with E-state index in [2.05, 4.69) is 15.9 Å². The van der Waals surface area contributed by atoms with Crippen molar-refractivity contribution in [2.45, 2.75) is 6.42 Å². The van der Waals surface area contributed by atoms with Crippen LogP contribution in [0.3, 0.4) is 0 Å². The van der Waals surface area contributed by atoms with Crippen LogP contribution in [0.5, 0.6) is 17.2 Å². The van der Waals surface area contributed by atoms with E-state index < -0.39 is 0 Å². The molecule has 0 aromatic heterocycles. The molecule has 0 fully saturated rings. The highest BCUT2D eigenvalue weighted by Gasteiger charge is 2.14. The number of ether oxygens (including phenoxy) is 3. The van der Waals surface area contributed by atoms with Gasteiger partial charge in [-0.05, 0) is 18.1 Å². The van der Waals surface area contributed by atoms with E-state index in [9.17, 15) is 0 Å². The Hall–Kier alpha value is -0.900. The van der Waals surface area contributed by atoms with Crippen LogP contribution in [-0.4, -0.2) is 26.7 Å². The van der Waals surface area contributed by atoms with Gasteiger partial charge in [-0.1, -0.05) is 22.0 Å². The zero-order valence-corrected chi connectivity index (χ0v) is 10.8. The van der Waals surface area contributed by atoms with Gasteiger partial charge in [0.2, 0.25) is 5.75 Å². The molecule has 0 radical (unpaired) electrons. The summed E-state index contributed by atoms with van der Waals surface area (Å²) >= 11 is 3.40.